The monoisotopic (exact) mass is 480 g/mol. The predicted octanol–water partition coefficient (Wildman–Crippen LogP) is 3.54. The first kappa shape index (κ1) is 25.7. The number of hydrogen-bond acceptors (Lipinski definition) is 4. The maximum Gasteiger partial charge on any atom is 0.323 e. The lowest BCUT2D eigenvalue weighted by molar-refractivity contribution is -0.138. The van der Waals surface area contributed by atoms with Crippen molar-refractivity contribution >= 4 is 35.2 Å². The third-order valence-corrected chi connectivity index (χ3v) is 5.95. The SMILES string of the molecule is Cc1ccccc1NC(=O)Nc1ccc(CC(=O)N2CCCC2C(=O)NCCCCC(=O)O)cc1. The second-order valence-corrected chi connectivity index (χ2v) is 8.65. The summed E-state index contributed by atoms with van der Waals surface area (Å²) in [6.45, 7) is 2.85. The van der Waals surface area contributed by atoms with Crippen molar-refractivity contribution in [1.82, 2.24) is 10.2 Å². The van der Waals surface area contributed by atoms with Gasteiger partial charge in [0.25, 0.3) is 0 Å². The molecule has 0 saturated carbocycles. The molecule has 1 atom stereocenters. The molecule has 4 amide bonds. The molecule has 0 aromatic heterocycles. The predicted molar refractivity (Wildman–Crippen MR) is 133 cm³/mol. The Balaban J connectivity index is 1.47. The molecule has 9 nitrogen and oxygen atoms in total. The van der Waals surface area contributed by atoms with Gasteiger partial charge in [-0.25, -0.2) is 4.79 Å². The summed E-state index contributed by atoms with van der Waals surface area (Å²) in [7, 11) is 0. The van der Waals surface area contributed by atoms with E-state index in [1.807, 2.05) is 31.2 Å². The molecule has 186 valence electrons. The van der Waals surface area contributed by atoms with Crippen LogP contribution in [-0.2, 0) is 20.8 Å². The number of aliphatic carboxylic acids is 1. The molecule has 0 spiro atoms. The van der Waals surface area contributed by atoms with Crippen LogP contribution in [0.1, 0.15) is 43.2 Å². The molecule has 3 rings (SSSR count). The van der Waals surface area contributed by atoms with Crippen LogP contribution in [0.4, 0.5) is 16.2 Å². The van der Waals surface area contributed by atoms with Crippen molar-refractivity contribution in [1.29, 1.82) is 0 Å². The standard InChI is InChI=1S/C26H32N4O5/c1-18-7-2-3-8-21(18)29-26(35)28-20-13-11-19(12-14-20)17-23(31)30-16-6-9-22(30)25(34)27-15-5-4-10-24(32)33/h2-3,7-8,11-14,22H,4-6,9-10,15-17H2,1H3,(H,27,34)(H,32,33)(H2,28,29,35). The van der Waals surface area contributed by atoms with Crippen molar-refractivity contribution in [2.24, 2.45) is 0 Å². The number of nitrogens with one attached hydrogen (secondary N) is 3. The largest absolute Gasteiger partial charge is 0.481 e. The minimum Gasteiger partial charge on any atom is -0.481 e. The van der Waals surface area contributed by atoms with Gasteiger partial charge in [-0.2, -0.15) is 0 Å². The normalized spacial score (nSPS) is 14.9. The summed E-state index contributed by atoms with van der Waals surface area (Å²) in [5, 5.41) is 17.1. The number of carbonyl (C=O) groups is 4. The first-order valence-corrected chi connectivity index (χ1v) is 11.8. The number of nitrogens with zero attached hydrogens (tertiary/aromatic N) is 1. The number of urea groups is 1. The van der Waals surface area contributed by atoms with Crippen LogP contribution in [0.15, 0.2) is 48.5 Å². The highest BCUT2D eigenvalue weighted by Gasteiger charge is 2.33. The average molecular weight is 481 g/mol. The number of likely N-dealkylation sites (tertiary alicyclic amines) is 1. The Kier molecular flexibility index (Phi) is 9.23. The molecule has 9 heteroatoms. The van der Waals surface area contributed by atoms with Gasteiger partial charge < -0.3 is 26.0 Å². The molecular weight excluding hydrogens is 448 g/mol. The number of anilines is 2. The maximum atomic E-state index is 12.9. The van der Waals surface area contributed by atoms with Gasteiger partial charge in [-0.15, -0.1) is 0 Å². The topological polar surface area (TPSA) is 128 Å². The fourth-order valence-electron chi connectivity index (χ4n) is 4.05. The van der Waals surface area contributed by atoms with Crippen LogP contribution in [0.3, 0.4) is 0 Å². The number of carboxylic acid groups (broad SMARTS) is 1. The summed E-state index contributed by atoms with van der Waals surface area (Å²) in [6.07, 6.45) is 2.71. The van der Waals surface area contributed by atoms with Crippen LogP contribution in [0.5, 0.6) is 0 Å². The van der Waals surface area contributed by atoms with E-state index >= 15 is 0 Å². The first-order valence-electron chi connectivity index (χ1n) is 11.8. The number of rotatable bonds is 10. The Morgan fingerprint density at radius 2 is 1.74 bits per heavy atom. The van der Waals surface area contributed by atoms with Crippen LogP contribution < -0.4 is 16.0 Å². The molecule has 1 saturated heterocycles. The van der Waals surface area contributed by atoms with E-state index in [0.29, 0.717) is 38.0 Å². The van der Waals surface area contributed by atoms with Crippen molar-refractivity contribution in [2.45, 2.75) is 51.5 Å². The zero-order chi connectivity index (χ0) is 25.2. The van der Waals surface area contributed by atoms with Crippen molar-refractivity contribution in [3.63, 3.8) is 0 Å². The molecular formula is C26H32N4O5. The second kappa shape index (κ2) is 12.5. The summed E-state index contributed by atoms with van der Waals surface area (Å²) in [5.74, 6) is -1.16. The highest BCUT2D eigenvalue weighted by molar-refractivity contribution is 6.00. The lowest BCUT2D eigenvalue weighted by Crippen LogP contribution is -2.46. The first-order chi connectivity index (χ1) is 16.8. The van der Waals surface area contributed by atoms with Gasteiger partial charge in [0.1, 0.15) is 6.04 Å². The number of unbranched alkanes of at least 4 members (excludes halogenated alkanes) is 1. The zero-order valence-corrected chi connectivity index (χ0v) is 19.9. The molecule has 1 fully saturated rings. The third kappa shape index (κ3) is 7.84. The Hall–Kier alpha value is -3.88. The lowest BCUT2D eigenvalue weighted by atomic mass is 10.1. The Labute approximate surface area is 204 Å². The van der Waals surface area contributed by atoms with Crippen LogP contribution in [-0.4, -0.2) is 53.0 Å². The van der Waals surface area contributed by atoms with Crippen LogP contribution in [0.2, 0.25) is 0 Å². The van der Waals surface area contributed by atoms with E-state index in [4.69, 9.17) is 5.11 Å². The van der Waals surface area contributed by atoms with Crippen LogP contribution in [0, 0.1) is 6.92 Å². The second-order valence-electron chi connectivity index (χ2n) is 8.65. The quantitative estimate of drug-likeness (QED) is 0.387. The average Bonchev–Trinajstić information content (AvgIpc) is 3.32. The molecule has 1 aliphatic heterocycles. The number of hydrogen-bond donors (Lipinski definition) is 4. The molecule has 1 unspecified atom stereocenters. The van der Waals surface area contributed by atoms with Gasteiger partial charge in [0.2, 0.25) is 11.8 Å². The minimum absolute atomic E-state index is 0.0790. The van der Waals surface area contributed by atoms with Crippen molar-refractivity contribution in [2.75, 3.05) is 23.7 Å². The number of amides is 4. The van der Waals surface area contributed by atoms with Gasteiger partial charge >= 0.3 is 12.0 Å². The van der Waals surface area contributed by atoms with Crippen molar-refractivity contribution < 1.29 is 24.3 Å². The van der Waals surface area contributed by atoms with Crippen molar-refractivity contribution in [3.8, 4) is 0 Å². The minimum atomic E-state index is -0.849. The third-order valence-electron chi connectivity index (χ3n) is 5.95. The highest BCUT2D eigenvalue weighted by atomic mass is 16.4. The summed E-state index contributed by atoms with van der Waals surface area (Å²) in [6, 6.07) is 13.7. The zero-order valence-electron chi connectivity index (χ0n) is 19.9. The van der Waals surface area contributed by atoms with E-state index in [1.165, 1.54) is 0 Å². The summed E-state index contributed by atoms with van der Waals surface area (Å²) < 4.78 is 0. The lowest BCUT2D eigenvalue weighted by Gasteiger charge is -2.24. The van der Waals surface area contributed by atoms with Crippen LogP contribution >= 0.6 is 0 Å². The van der Waals surface area contributed by atoms with E-state index in [-0.39, 0.29) is 30.7 Å². The fraction of sp³-hybridized carbons (Fsp3) is 0.385. The maximum absolute atomic E-state index is 12.9. The molecule has 2 aromatic carbocycles. The molecule has 0 bridgehead atoms. The van der Waals surface area contributed by atoms with E-state index < -0.39 is 12.0 Å². The summed E-state index contributed by atoms with van der Waals surface area (Å²) in [4.78, 5) is 49.9. The van der Waals surface area contributed by atoms with E-state index in [0.717, 1.165) is 23.2 Å². The van der Waals surface area contributed by atoms with Gasteiger partial charge in [-0.3, -0.25) is 14.4 Å². The molecule has 1 heterocycles. The number of carbonyl (C=O) groups excluding carboxylic acids is 3. The smallest absolute Gasteiger partial charge is 0.323 e. The Morgan fingerprint density at radius 3 is 2.46 bits per heavy atom. The van der Waals surface area contributed by atoms with Gasteiger partial charge in [0.05, 0.1) is 6.42 Å². The Morgan fingerprint density at radius 1 is 1.00 bits per heavy atom. The fourth-order valence-corrected chi connectivity index (χ4v) is 4.05. The molecule has 0 aliphatic carbocycles. The summed E-state index contributed by atoms with van der Waals surface area (Å²) >= 11 is 0. The van der Waals surface area contributed by atoms with Gasteiger partial charge in [-0.1, -0.05) is 30.3 Å². The van der Waals surface area contributed by atoms with E-state index in [1.54, 1.807) is 29.2 Å². The number of carboxylic acids is 1. The number of benzene rings is 2. The van der Waals surface area contributed by atoms with Gasteiger partial charge in [0, 0.05) is 30.9 Å². The van der Waals surface area contributed by atoms with Gasteiger partial charge in [-0.05, 0) is 61.9 Å². The Bertz CT molecular complexity index is 1050. The summed E-state index contributed by atoms with van der Waals surface area (Å²) in [5.41, 5.74) is 3.09. The highest BCUT2D eigenvalue weighted by Crippen LogP contribution is 2.20. The van der Waals surface area contributed by atoms with E-state index in [9.17, 15) is 19.2 Å². The molecule has 1 aliphatic rings. The molecule has 35 heavy (non-hydrogen) atoms. The number of aryl methyl sites for hydroxylation is 1. The molecule has 4 N–H and O–H groups in total. The van der Waals surface area contributed by atoms with E-state index in [2.05, 4.69) is 16.0 Å². The number of para-hydroxylation sites is 1. The van der Waals surface area contributed by atoms with Gasteiger partial charge in [0.15, 0.2) is 0 Å². The molecule has 2 aromatic rings. The molecule has 0 radical (unpaired) electrons. The van der Waals surface area contributed by atoms with Crippen molar-refractivity contribution in [3.05, 3.63) is 59.7 Å². The van der Waals surface area contributed by atoms with Crippen LogP contribution in [0.25, 0.3) is 0 Å².